The molecule has 5 nitrogen and oxygen atoms in total. The number of ether oxygens (including phenoxy) is 2. The Morgan fingerprint density at radius 2 is 2.06 bits per heavy atom. The molecule has 0 aliphatic carbocycles. The van der Waals surface area contributed by atoms with Gasteiger partial charge in [-0.2, -0.15) is 0 Å². The SMILES string of the molecule is CCOc1ccc2nc(N(CC3CCCO3)C(=O)c3cccc4ccccc34)sc2c1. The van der Waals surface area contributed by atoms with Gasteiger partial charge in [0.2, 0.25) is 0 Å². The van der Waals surface area contributed by atoms with E-state index in [1.165, 1.54) is 11.3 Å². The quantitative estimate of drug-likeness (QED) is 0.394. The monoisotopic (exact) mass is 432 g/mol. The van der Waals surface area contributed by atoms with Crippen LogP contribution in [0.5, 0.6) is 5.75 Å². The zero-order valence-electron chi connectivity index (χ0n) is 17.4. The van der Waals surface area contributed by atoms with E-state index in [4.69, 9.17) is 14.5 Å². The number of amides is 1. The number of anilines is 1. The summed E-state index contributed by atoms with van der Waals surface area (Å²) >= 11 is 1.52. The summed E-state index contributed by atoms with van der Waals surface area (Å²) in [7, 11) is 0. The van der Waals surface area contributed by atoms with Crippen molar-refractivity contribution >= 4 is 43.4 Å². The second kappa shape index (κ2) is 8.65. The Bertz CT molecular complexity index is 1220. The average molecular weight is 433 g/mol. The highest BCUT2D eigenvalue weighted by Crippen LogP contribution is 2.34. The fourth-order valence-corrected chi connectivity index (χ4v) is 5.06. The number of nitrogens with zero attached hydrogens (tertiary/aromatic N) is 2. The van der Waals surface area contributed by atoms with E-state index in [1.807, 2.05) is 67.6 Å². The second-order valence-corrected chi connectivity index (χ2v) is 8.65. The van der Waals surface area contributed by atoms with Crippen LogP contribution >= 0.6 is 11.3 Å². The Morgan fingerprint density at radius 3 is 2.90 bits per heavy atom. The first kappa shape index (κ1) is 20.0. The van der Waals surface area contributed by atoms with E-state index >= 15 is 0 Å². The molecule has 0 N–H and O–H groups in total. The van der Waals surface area contributed by atoms with Crippen molar-refractivity contribution in [3.63, 3.8) is 0 Å². The highest BCUT2D eigenvalue weighted by molar-refractivity contribution is 7.22. The number of carbonyl (C=O) groups excluding carboxylic acids is 1. The molecule has 6 heteroatoms. The van der Waals surface area contributed by atoms with E-state index in [-0.39, 0.29) is 12.0 Å². The number of fused-ring (bicyclic) bond motifs is 2. The summed E-state index contributed by atoms with van der Waals surface area (Å²) in [5, 5.41) is 2.69. The Morgan fingerprint density at radius 1 is 1.19 bits per heavy atom. The summed E-state index contributed by atoms with van der Waals surface area (Å²) in [5.74, 6) is 0.771. The minimum atomic E-state index is -0.0450. The second-order valence-electron chi connectivity index (χ2n) is 7.64. The smallest absolute Gasteiger partial charge is 0.260 e. The van der Waals surface area contributed by atoms with Gasteiger partial charge in [-0.3, -0.25) is 9.69 Å². The normalized spacial score (nSPS) is 16.1. The van der Waals surface area contributed by atoms with E-state index in [2.05, 4.69) is 0 Å². The zero-order chi connectivity index (χ0) is 21.2. The van der Waals surface area contributed by atoms with Gasteiger partial charge in [0.15, 0.2) is 5.13 Å². The van der Waals surface area contributed by atoms with E-state index in [0.29, 0.717) is 23.8 Å². The van der Waals surface area contributed by atoms with Crippen LogP contribution in [-0.2, 0) is 4.74 Å². The summed E-state index contributed by atoms with van der Waals surface area (Å²) in [4.78, 5) is 20.4. The molecule has 1 unspecified atom stereocenters. The van der Waals surface area contributed by atoms with Crippen molar-refractivity contribution in [3.8, 4) is 5.75 Å². The van der Waals surface area contributed by atoms with Gasteiger partial charge in [0, 0.05) is 12.2 Å². The van der Waals surface area contributed by atoms with E-state index in [1.54, 1.807) is 4.90 Å². The highest BCUT2D eigenvalue weighted by atomic mass is 32.1. The van der Waals surface area contributed by atoms with Crippen LogP contribution in [0.15, 0.2) is 60.7 Å². The number of hydrogen-bond donors (Lipinski definition) is 0. The summed E-state index contributed by atoms with van der Waals surface area (Å²) < 4.78 is 12.5. The molecule has 4 aromatic rings. The van der Waals surface area contributed by atoms with Gasteiger partial charge >= 0.3 is 0 Å². The molecule has 5 rings (SSSR count). The van der Waals surface area contributed by atoms with Crippen LogP contribution < -0.4 is 9.64 Å². The van der Waals surface area contributed by atoms with E-state index in [9.17, 15) is 4.79 Å². The van der Waals surface area contributed by atoms with Crippen LogP contribution in [0.2, 0.25) is 0 Å². The standard InChI is InChI=1S/C25H24N2O3S/c1-2-29-18-12-13-22-23(15-18)31-25(26-22)27(16-19-9-6-14-30-19)24(28)21-11-5-8-17-7-3-4-10-20(17)21/h3-5,7-8,10-13,15,19H,2,6,9,14,16H2,1H3. The van der Waals surface area contributed by atoms with Crippen LogP contribution in [0.3, 0.4) is 0 Å². The molecular formula is C25H24N2O3S. The molecule has 1 aromatic heterocycles. The first-order valence-electron chi connectivity index (χ1n) is 10.7. The van der Waals surface area contributed by atoms with Crippen molar-refractivity contribution in [2.45, 2.75) is 25.9 Å². The van der Waals surface area contributed by atoms with Crippen molar-refractivity contribution in [1.29, 1.82) is 0 Å². The molecule has 0 radical (unpaired) electrons. The maximum absolute atomic E-state index is 13.8. The summed E-state index contributed by atoms with van der Waals surface area (Å²) in [6, 6.07) is 19.7. The maximum Gasteiger partial charge on any atom is 0.260 e. The molecule has 1 fully saturated rings. The molecule has 0 saturated carbocycles. The van der Waals surface area contributed by atoms with E-state index in [0.717, 1.165) is 46.2 Å². The van der Waals surface area contributed by atoms with Crippen molar-refractivity contribution in [2.75, 3.05) is 24.7 Å². The minimum absolute atomic E-state index is 0.0323. The van der Waals surface area contributed by atoms with Crippen LogP contribution in [0.1, 0.15) is 30.1 Å². The first-order chi connectivity index (χ1) is 15.2. The van der Waals surface area contributed by atoms with Crippen molar-refractivity contribution in [1.82, 2.24) is 4.98 Å². The predicted octanol–water partition coefficient (Wildman–Crippen LogP) is 5.67. The molecule has 2 heterocycles. The molecule has 1 atom stereocenters. The van der Waals surface area contributed by atoms with Gasteiger partial charge in [-0.1, -0.05) is 47.7 Å². The Balaban J connectivity index is 1.56. The van der Waals surface area contributed by atoms with E-state index < -0.39 is 0 Å². The third-order valence-electron chi connectivity index (χ3n) is 5.57. The van der Waals surface area contributed by atoms with Gasteiger partial charge < -0.3 is 9.47 Å². The molecule has 31 heavy (non-hydrogen) atoms. The fraction of sp³-hybridized carbons (Fsp3) is 0.280. The Labute approximate surface area is 185 Å². The number of aromatic nitrogens is 1. The number of rotatable bonds is 6. The third-order valence-corrected chi connectivity index (χ3v) is 6.61. The van der Waals surface area contributed by atoms with Crippen LogP contribution in [0.4, 0.5) is 5.13 Å². The van der Waals surface area contributed by atoms with Gasteiger partial charge in [0.25, 0.3) is 5.91 Å². The molecule has 0 bridgehead atoms. The fourth-order valence-electron chi connectivity index (χ4n) is 4.06. The van der Waals surface area contributed by atoms with Gasteiger partial charge in [-0.15, -0.1) is 0 Å². The highest BCUT2D eigenvalue weighted by Gasteiger charge is 2.28. The maximum atomic E-state index is 13.8. The molecule has 1 saturated heterocycles. The Hall–Kier alpha value is -2.96. The van der Waals surface area contributed by atoms with Crippen molar-refractivity contribution < 1.29 is 14.3 Å². The number of hydrogen-bond acceptors (Lipinski definition) is 5. The first-order valence-corrected chi connectivity index (χ1v) is 11.5. The lowest BCUT2D eigenvalue weighted by Crippen LogP contribution is -2.37. The average Bonchev–Trinajstić information content (AvgIpc) is 3.46. The lowest BCUT2D eigenvalue weighted by molar-refractivity contribution is 0.0919. The number of carbonyl (C=O) groups is 1. The summed E-state index contributed by atoms with van der Waals surface area (Å²) in [5.41, 5.74) is 1.55. The number of thiazole rings is 1. The van der Waals surface area contributed by atoms with Gasteiger partial charge in [0.1, 0.15) is 5.75 Å². The van der Waals surface area contributed by atoms with Gasteiger partial charge in [0.05, 0.1) is 29.5 Å². The molecule has 1 aliphatic heterocycles. The summed E-state index contributed by atoms with van der Waals surface area (Å²) in [6.07, 6.45) is 2.02. The molecule has 1 aliphatic rings. The largest absolute Gasteiger partial charge is 0.494 e. The van der Waals surface area contributed by atoms with Gasteiger partial charge in [-0.25, -0.2) is 4.98 Å². The predicted molar refractivity (Wildman–Crippen MR) is 125 cm³/mol. The molecule has 158 valence electrons. The molecule has 0 spiro atoms. The molecule has 3 aromatic carbocycles. The molecular weight excluding hydrogens is 408 g/mol. The minimum Gasteiger partial charge on any atom is -0.494 e. The topological polar surface area (TPSA) is 51.7 Å². The van der Waals surface area contributed by atoms with Gasteiger partial charge in [-0.05, 0) is 54.8 Å². The van der Waals surface area contributed by atoms with Crippen molar-refractivity contribution in [2.24, 2.45) is 0 Å². The lowest BCUT2D eigenvalue weighted by Gasteiger charge is -2.23. The number of benzene rings is 3. The van der Waals surface area contributed by atoms with Crippen LogP contribution in [-0.4, -0.2) is 36.8 Å². The lowest BCUT2D eigenvalue weighted by atomic mass is 10.0. The summed E-state index contributed by atoms with van der Waals surface area (Å²) in [6.45, 7) is 3.83. The Kier molecular flexibility index (Phi) is 5.57. The third kappa shape index (κ3) is 4.01. The van der Waals surface area contributed by atoms with Crippen molar-refractivity contribution in [3.05, 3.63) is 66.2 Å². The molecule has 1 amide bonds. The van der Waals surface area contributed by atoms with Crippen LogP contribution in [0, 0.1) is 0 Å². The van der Waals surface area contributed by atoms with Crippen LogP contribution in [0.25, 0.3) is 21.0 Å². The zero-order valence-corrected chi connectivity index (χ0v) is 18.2.